The minimum atomic E-state index is -4.87. The molecule has 0 aliphatic carbocycles. The zero-order valence-electron chi connectivity index (χ0n) is 20.2. The van der Waals surface area contributed by atoms with E-state index in [0.29, 0.717) is 24.4 Å². The molecule has 37 heavy (non-hydrogen) atoms. The summed E-state index contributed by atoms with van der Waals surface area (Å²) in [5.74, 6) is -0.281. The van der Waals surface area contributed by atoms with E-state index < -0.39 is 49.8 Å². The van der Waals surface area contributed by atoms with Gasteiger partial charge >= 0.3 is 18.2 Å². The number of rotatable bonds is 5. The maximum Gasteiger partial charge on any atom is 0.417 e. The molecule has 0 spiro atoms. The van der Waals surface area contributed by atoms with Crippen molar-refractivity contribution in [1.82, 2.24) is 14.7 Å². The van der Waals surface area contributed by atoms with Crippen molar-refractivity contribution in [2.45, 2.75) is 54.6 Å². The summed E-state index contributed by atoms with van der Waals surface area (Å²) in [5, 5.41) is 12.4. The van der Waals surface area contributed by atoms with Crippen LogP contribution < -0.4 is 4.90 Å². The molecule has 1 amide bonds. The van der Waals surface area contributed by atoms with Gasteiger partial charge in [-0.1, -0.05) is 12.1 Å². The van der Waals surface area contributed by atoms with Crippen molar-refractivity contribution < 1.29 is 41.0 Å². The highest BCUT2D eigenvalue weighted by atomic mass is 32.2. The number of carbonyl (C=O) groups excluding carboxylic acids is 1. The molecule has 202 valence electrons. The van der Waals surface area contributed by atoms with E-state index in [0.717, 1.165) is 25.3 Å². The molecule has 0 bridgehead atoms. The molecule has 0 saturated carbocycles. The molecule has 1 aromatic heterocycles. The Kier molecular flexibility index (Phi) is 7.14. The summed E-state index contributed by atoms with van der Waals surface area (Å²) in [7, 11) is -3.33. The minimum absolute atomic E-state index is 0.209. The number of carboxylic acid groups (broad SMARTS) is 1. The number of hydrogen-bond acceptors (Lipinski definition) is 7. The predicted octanol–water partition coefficient (Wildman–Crippen LogP) is 3.12. The van der Waals surface area contributed by atoms with Crippen LogP contribution in [0.4, 0.5) is 23.8 Å². The third-order valence-corrected chi connectivity index (χ3v) is 9.08. The fraction of sp³-hybridized carbons (Fsp3) is 0.522. The maximum absolute atomic E-state index is 13.6. The molecule has 10 nitrogen and oxygen atoms in total. The number of halogens is 3. The summed E-state index contributed by atoms with van der Waals surface area (Å²) >= 11 is 0. The van der Waals surface area contributed by atoms with Crippen LogP contribution in [0.15, 0.2) is 35.2 Å². The van der Waals surface area contributed by atoms with Gasteiger partial charge in [-0.05, 0) is 38.3 Å². The van der Waals surface area contributed by atoms with E-state index in [1.165, 1.54) is 15.9 Å². The minimum Gasteiger partial charge on any atom is -0.467 e. The molecule has 2 aromatic rings. The number of methoxy groups -OCH3 is 1. The van der Waals surface area contributed by atoms with Crippen LogP contribution in [0.2, 0.25) is 0 Å². The van der Waals surface area contributed by atoms with Gasteiger partial charge in [-0.15, -0.1) is 0 Å². The van der Waals surface area contributed by atoms with E-state index >= 15 is 0 Å². The molecule has 3 heterocycles. The Bertz CT molecular complexity index is 1290. The number of carbonyl (C=O) groups is 2. The van der Waals surface area contributed by atoms with E-state index in [1.54, 1.807) is 17.7 Å². The zero-order valence-corrected chi connectivity index (χ0v) is 21.0. The second kappa shape index (κ2) is 9.88. The van der Waals surface area contributed by atoms with Crippen molar-refractivity contribution in [2.75, 3.05) is 31.6 Å². The number of likely N-dealkylation sites (tertiary alicyclic amines) is 1. The van der Waals surface area contributed by atoms with Gasteiger partial charge in [-0.25, -0.2) is 22.7 Å². The van der Waals surface area contributed by atoms with Crippen molar-refractivity contribution >= 4 is 27.7 Å². The number of piperidine rings is 1. The summed E-state index contributed by atoms with van der Waals surface area (Å²) < 4.78 is 74.3. The van der Waals surface area contributed by atoms with Crippen molar-refractivity contribution in [2.24, 2.45) is 0 Å². The largest absolute Gasteiger partial charge is 0.467 e. The van der Waals surface area contributed by atoms with Gasteiger partial charge in [-0.3, -0.25) is 0 Å². The number of esters is 1. The zero-order chi connectivity index (χ0) is 27.1. The van der Waals surface area contributed by atoms with Crippen LogP contribution in [0, 0.1) is 6.92 Å². The Morgan fingerprint density at radius 2 is 1.81 bits per heavy atom. The summed E-state index contributed by atoms with van der Waals surface area (Å²) in [4.78, 5) is 26.0. The van der Waals surface area contributed by atoms with Crippen molar-refractivity contribution in [3.8, 4) is 0 Å². The van der Waals surface area contributed by atoms with Crippen LogP contribution >= 0.6 is 0 Å². The molecule has 14 heteroatoms. The highest BCUT2D eigenvalue weighted by molar-refractivity contribution is 7.92. The van der Waals surface area contributed by atoms with E-state index in [4.69, 9.17) is 4.74 Å². The first-order valence-electron chi connectivity index (χ1n) is 11.6. The number of nitrogens with zero attached hydrogens (tertiary/aromatic N) is 4. The van der Waals surface area contributed by atoms with E-state index in [2.05, 4.69) is 5.10 Å². The standard InChI is InChI=1S/C23H27F3N4O6S/c1-14-11-20(30(27-14)15-7-9-28(10-8-15)22(32)33)29-13-16(12-18(29)21(31)36-2)37(34,35)19-6-4-3-5-17(19)23(24,25)26/h3-6,11,15-16,18H,7-10,12-13H2,1-2H3,(H,32,33)/t16-,18+/m1/s1. The lowest BCUT2D eigenvalue weighted by molar-refractivity contribution is -0.142. The summed E-state index contributed by atoms with van der Waals surface area (Å²) in [6.07, 6.45) is -5.24. The Morgan fingerprint density at radius 1 is 1.16 bits per heavy atom. The topological polar surface area (TPSA) is 122 Å². The fourth-order valence-electron chi connectivity index (χ4n) is 5.05. The average Bonchev–Trinajstić information content (AvgIpc) is 3.47. The SMILES string of the molecule is COC(=O)[C@@H]1C[C@@H](S(=O)(=O)c2ccccc2C(F)(F)F)CN1c1cc(C)nn1C1CCN(C(=O)O)CC1. The molecule has 0 radical (unpaired) electrons. The molecule has 0 unspecified atom stereocenters. The number of sulfone groups is 1. The Labute approximate surface area is 211 Å². The molecule has 4 rings (SSSR count). The molecule has 2 atom stereocenters. The van der Waals surface area contributed by atoms with Gasteiger partial charge in [0.1, 0.15) is 11.9 Å². The number of amides is 1. The van der Waals surface area contributed by atoms with Crippen molar-refractivity contribution in [3.63, 3.8) is 0 Å². The van der Waals surface area contributed by atoms with Gasteiger partial charge in [0, 0.05) is 25.7 Å². The van der Waals surface area contributed by atoms with E-state index in [1.807, 2.05) is 0 Å². The van der Waals surface area contributed by atoms with Crippen LogP contribution in [-0.4, -0.2) is 78.3 Å². The number of ether oxygens (including phenoxy) is 1. The number of anilines is 1. The lowest BCUT2D eigenvalue weighted by atomic mass is 10.1. The lowest BCUT2D eigenvalue weighted by Gasteiger charge is -2.33. The molecule has 2 fully saturated rings. The van der Waals surface area contributed by atoms with Gasteiger partial charge < -0.3 is 19.6 Å². The molecule has 1 aromatic carbocycles. The second-order valence-electron chi connectivity index (χ2n) is 9.18. The smallest absolute Gasteiger partial charge is 0.417 e. The number of aryl methyl sites for hydroxylation is 1. The summed E-state index contributed by atoms with van der Waals surface area (Å²) in [5.41, 5.74) is -0.665. The fourth-order valence-corrected chi connectivity index (χ4v) is 6.96. The Hall–Kier alpha value is -3.29. The van der Waals surface area contributed by atoms with E-state index in [-0.39, 0.29) is 32.1 Å². The first kappa shape index (κ1) is 26.8. The first-order chi connectivity index (χ1) is 17.3. The van der Waals surface area contributed by atoms with Crippen molar-refractivity contribution in [3.05, 3.63) is 41.6 Å². The molecule has 2 aliphatic rings. The second-order valence-corrected chi connectivity index (χ2v) is 11.4. The quantitative estimate of drug-likeness (QED) is 0.570. The molecular formula is C23H27F3N4O6S. The highest BCUT2D eigenvalue weighted by Crippen LogP contribution is 2.39. The van der Waals surface area contributed by atoms with Crippen LogP contribution in [0.25, 0.3) is 0 Å². The Balaban J connectivity index is 1.69. The maximum atomic E-state index is 13.6. The molecule has 2 saturated heterocycles. The van der Waals surface area contributed by atoms with Crippen LogP contribution in [0.5, 0.6) is 0 Å². The van der Waals surface area contributed by atoms with Crippen molar-refractivity contribution in [1.29, 1.82) is 0 Å². The Morgan fingerprint density at radius 3 is 2.41 bits per heavy atom. The first-order valence-corrected chi connectivity index (χ1v) is 13.2. The third kappa shape index (κ3) is 5.11. The molecule has 2 aliphatic heterocycles. The number of hydrogen-bond donors (Lipinski definition) is 1. The third-order valence-electron chi connectivity index (χ3n) is 6.89. The highest BCUT2D eigenvalue weighted by Gasteiger charge is 2.47. The van der Waals surface area contributed by atoms with Gasteiger partial charge in [0.15, 0.2) is 9.84 Å². The van der Waals surface area contributed by atoms with Gasteiger partial charge in [0.05, 0.1) is 34.6 Å². The molecular weight excluding hydrogens is 517 g/mol. The summed E-state index contributed by atoms with van der Waals surface area (Å²) in [6.45, 7) is 2.05. The normalized spacial score (nSPS) is 21.3. The monoisotopic (exact) mass is 544 g/mol. The van der Waals surface area contributed by atoms with Crippen LogP contribution in [0.3, 0.4) is 0 Å². The van der Waals surface area contributed by atoms with Gasteiger partial charge in [-0.2, -0.15) is 18.3 Å². The number of benzene rings is 1. The van der Waals surface area contributed by atoms with Crippen LogP contribution in [-0.2, 0) is 25.5 Å². The average molecular weight is 545 g/mol. The van der Waals surface area contributed by atoms with Crippen LogP contribution in [0.1, 0.15) is 36.6 Å². The number of aromatic nitrogens is 2. The van der Waals surface area contributed by atoms with Gasteiger partial charge in [0.2, 0.25) is 0 Å². The summed E-state index contributed by atoms with van der Waals surface area (Å²) in [6, 6.07) is 4.41. The number of alkyl halides is 3. The predicted molar refractivity (Wildman–Crippen MR) is 125 cm³/mol. The van der Waals surface area contributed by atoms with Gasteiger partial charge in [0.25, 0.3) is 0 Å². The molecule has 1 N–H and O–H groups in total. The van der Waals surface area contributed by atoms with E-state index in [9.17, 15) is 36.3 Å². The lowest BCUT2D eigenvalue weighted by Crippen LogP contribution is -2.41.